The van der Waals surface area contributed by atoms with Crippen LogP contribution in [0.5, 0.6) is 5.75 Å². The van der Waals surface area contributed by atoms with Crippen LogP contribution in [0, 0.1) is 0 Å². The minimum absolute atomic E-state index is 0.0968. The average Bonchev–Trinajstić information content (AvgIpc) is 3.22. The molecule has 0 heterocycles. The normalized spacial score (nSPS) is 14.3. The Morgan fingerprint density at radius 3 is 2.44 bits per heavy atom. The molecule has 1 aromatic carbocycles. The van der Waals surface area contributed by atoms with Gasteiger partial charge in [-0.1, -0.05) is 19.1 Å². The van der Waals surface area contributed by atoms with Crippen LogP contribution in [-0.4, -0.2) is 30.0 Å². The molecule has 0 aromatic heterocycles. The number of amides is 1. The predicted molar refractivity (Wildman–Crippen MR) is 71.7 cm³/mol. The van der Waals surface area contributed by atoms with Crippen molar-refractivity contribution in [3.8, 4) is 5.75 Å². The van der Waals surface area contributed by atoms with E-state index in [2.05, 4.69) is 6.92 Å². The highest BCUT2D eigenvalue weighted by atomic mass is 16.5. The van der Waals surface area contributed by atoms with Crippen molar-refractivity contribution in [3.05, 3.63) is 29.8 Å². The van der Waals surface area contributed by atoms with Gasteiger partial charge in [-0.15, -0.1) is 0 Å². The van der Waals surface area contributed by atoms with Gasteiger partial charge in [0.1, 0.15) is 5.75 Å². The maximum Gasteiger partial charge on any atom is 0.260 e. The van der Waals surface area contributed by atoms with Crippen molar-refractivity contribution in [1.82, 2.24) is 4.90 Å². The van der Waals surface area contributed by atoms with Crippen molar-refractivity contribution in [3.63, 3.8) is 0 Å². The second kappa shape index (κ2) is 5.89. The van der Waals surface area contributed by atoms with Crippen molar-refractivity contribution >= 4 is 5.91 Å². The predicted octanol–water partition coefficient (Wildman–Crippen LogP) is 2.64. The molecule has 1 aliphatic carbocycles. The molecule has 1 aliphatic rings. The number of hydrogen-bond donors (Lipinski definition) is 0. The molecule has 18 heavy (non-hydrogen) atoms. The molecule has 0 bridgehead atoms. The third-order valence-corrected chi connectivity index (χ3v) is 3.34. The molecule has 0 saturated heterocycles. The molecule has 0 radical (unpaired) electrons. The summed E-state index contributed by atoms with van der Waals surface area (Å²) < 4.78 is 5.54. The van der Waals surface area contributed by atoms with Crippen molar-refractivity contribution in [2.24, 2.45) is 0 Å². The van der Waals surface area contributed by atoms with Crippen LogP contribution in [0.4, 0.5) is 0 Å². The van der Waals surface area contributed by atoms with Gasteiger partial charge in [0, 0.05) is 12.6 Å². The maximum atomic E-state index is 12.0. The molecule has 0 unspecified atom stereocenters. The second-order valence-electron chi connectivity index (χ2n) is 4.70. The number of carbonyl (C=O) groups is 1. The number of aryl methyl sites for hydroxylation is 1. The van der Waals surface area contributed by atoms with E-state index in [1.807, 2.05) is 36.1 Å². The fourth-order valence-corrected chi connectivity index (χ4v) is 2.07. The van der Waals surface area contributed by atoms with Crippen molar-refractivity contribution < 1.29 is 9.53 Å². The zero-order valence-electron chi connectivity index (χ0n) is 11.2. The third-order valence-electron chi connectivity index (χ3n) is 3.34. The Balaban J connectivity index is 1.84. The number of carbonyl (C=O) groups excluding carboxylic acids is 1. The highest BCUT2D eigenvalue weighted by Crippen LogP contribution is 2.26. The van der Waals surface area contributed by atoms with Crippen molar-refractivity contribution in [2.45, 2.75) is 39.2 Å². The van der Waals surface area contributed by atoms with Gasteiger partial charge in [0.2, 0.25) is 0 Å². The molecule has 0 spiro atoms. The lowest BCUT2D eigenvalue weighted by Gasteiger charge is -2.20. The van der Waals surface area contributed by atoms with Gasteiger partial charge in [-0.3, -0.25) is 4.79 Å². The molecule has 0 atom stereocenters. The fraction of sp³-hybridized carbons (Fsp3) is 0.533. The molecule has 98 valence electrons. The number of likely N-dealkylation sites (N-methyl/N-ethyl adjacent to an activating group) is 1. The molecule has 2 rings (SSSR count). The minimum atomic E-state index is 0.0968. The lowest BCUT2D eigenvalue weighted by Crippen LogP contribution is -2.36. The number of rotatable bonds is 6. The van der Waals surface area contributed by atoms with E-state index >= 15 is 0 Å². The molecule has 1 amide bonds. The van der Waals surface area contributed by atoms with Crippen LogP contribution in [0.25, 0.3) is 0 Å². The van der Waals surface area contributed by atoms with Crippen molar-refractivity contribution in [2.75, 3.05) is 13.2 Å². The number of benzene rings is 1. The summed E-state index contributed by atoms with van der Waals surface area (Å²) in [6, 6.07) is 8.41. The van der Waals surface area contributed by atoms with Gasteiger partial charge in [-0.05, 0) is 43.9 Å². The van der Waals surface area contributed by atoms with E-state index in [1.165, 1.54) is 5.56 Å². The molecule has 0 aliphatic heterocycles. The van der Waals surface area contributed by atoms with E-state index in [4.69, 9.17) is 4.74 Å². The molecule has 0 N–H and O–H groups in total. The topological polar surface area (TPSA) is 29.5 Å². The van der Waals surface area contributed by atoms with Crippen LogP contribution in [0.2, 0.25) is 0 Å². The van der Waals surface area contributed by atoms with E-state index in [0.29, 0.717) is 6.04 Å². The van der Waals surface area contributed by atoms with E-state index < -0.39 is 0 Å². The van der Waals surface area contributed by atoms with Gasteiger partial charge < -0.3 is 9.64 Å². The first-order chi connectivity index (χ1) is 8.74. The quantitative estimate of drug-likeness (QED) is 0.773. The number of ether oxygens (including phenoxy) is 1. The molecule has 3 heteroatoms. The highest BCUT2D eigenvalue weighted by Gasteiger charge is 2.31. The molecule has 3 nitrogen and oxygen atoms in total. The van der Waals surface area contributed by atoms with Crippen LogP contribution in [0.3, 0.4) is 0 Å². The molecular formula is C15H21NO2. The van der Waals surface area contributed by atoms with Crippen LogP contribution in [0.1, 0.15) is 32.3 Å². The van der Waals surface area contributed by atoms with Crippen LogP contribution < -0.4 is 4.74 Å². The van der Waals surface area contributed by atoms with Crippen molar-refractivity contribution in [1.29, 1.82) is 0 Å². The van der Waals surface area contributed by atoms with Crippen LogP contribution >= 0.6 is 0 Å². The van der Waals surface area contributed by atoms with Gasteiger partial charge in [-0.2, -0.15) is 0 Å². The number of nitrogens with zero attached hydrogens (tertiary/aromatic N) is 1. The highest BCUT2D eigenvalue weighted by molar-refractivity contribution is 5.78. The second-order valence-corrected chi connectivity index (χ2v) is 4.70. The van der Waals surface area contributed by atoms with E-state index in [0.717, 1.165) is 31.6 Å². The molecule has 1 fully saturated rings. The zero-order valence-corrected chi connectivity index (χ0v) is 11.2. The summed E-state index contributed by atoms with van der Waals surface area (Å²) in [6.45, 7) is 5.07. The van der Waals surface area contributed by atoms with Gasteiger partial charge in [0.25, 0.3) is 5.91 Å². The Kier molecular flexibility index (Phi) is 4.24. The summed E-state index contributed by atoms with van der Waals surface area (Å²) in [5.41, 5.74) is 1.28. The van der Waals surface area contributed by atoms with Crippen LogP contribution in [-0.2, 0) is 11.2 Å². The molecular weight excluding hydrogens is 226 g/mol. The maximum absolute atomic E-state index is 12.0. The first-order valence-electron chi connectivity index (χ1n) is 6.75. The van der Waals surface area contributed by atoms with Crippen LogP contribution in [0.15, 0.2) is 24.3 Å². The number of hydrogen-bond acceptors (Lipinski definition) is 2. The lowest BCUT2D eigenvalue weighted by atomic mass is 10.2. The van der Waals surface area contributed by atoms with Gasteiger partial charge in [0.05, 0.1) is 0 Å². The largest absolute Gasteiger partial charge is 0.484 e. The standard InChI is InChI=1S/C15H21NO2/c1-3-12-5-9-14(10-6-12)18-11-15(17)16(4-2)13-7-8-13/h5-6,9-10,13H,3-4,7-8,11H2,1-2H3. The van der Waals surface area contributed by atoms with Gasteiger partial charge >= 0.3 is 0 Å². The summed E-state index contributed by atoms with van der Waals surface area (Å²) in [5, 5.41) is 0. The molecule has 1 saturated carbocycles. The minimum Gasteiger partial charge on any atom is -0.484 e. The first-order valence-corrected chi connectivity index (χ1v) is 6.75. The van der Waals surface area contributed by atoms with Gasteiger partial charge in [0.15, 0.2) is 6.61 Å². The summed E-state index contributed by atoms with van der Waals surface area (Å²) in [4.78, 5) is 13.9. The fourth-order valence-electron chi connectivity index (χ4n) is 2.07. The Bertz CT molecular complexity index is 395. The Morgan fingerprint density at radius 2 is 1.94 bits per heavy atom. The summed E-state index contributed by atoms with van der Waals surface area (Å²) in [7, 11) is 0. The van der Waals surface area contributed by atoms with E-state index in [-0.39, 0.29) is 12.5 Å². The van der Waals surface area contributed by atoms with Gasteiger partial charge in [-0.25, -0.2) is 0 Å². The SMILES string of the molecule is CCc1ccc(OCC(=O)N(CC)C2CC2)cc1. The first kappa shape index (κ1) is 12.9. The third kappa shape index (κ3) is 3.25. The van der Waals surface area contributed by atoms with E-state index in [1.54, 1.807) is 0 Å². The smallest absolute Gasteiger partial charge is 0.260 e. The average molecular weight is 247 g/mol. The zero-order chi connectivity index (χ0) is 13.0. The Morgan fingerprint density at radius 1 is 1.28 bits per heavy atom. The monoisotopic (exact) mass is 247 g/mol. The molecule has 1 aromatic rings. The summed E-state index contributed by atoms with van der Waals surface area (Å²) in [5.74, 6) is 0.868. The summed E-state index contributed by atoms with van der Waals surface area (Å²) in [6.07, 6.45) is 3.31. The summed E-state index contributed by atoms with van der Waals surface area (Å²) >= 11 is 0. The lowest BCUT2D eigenvalue weighted by molar-refractivity contribution is -0.133. The Hall–Kier alpha value is -1.51. The Labute approximate surface area is 109 Å². The van der Waals surface area contributed by atoms with E-state index in [9.17, 15) is 4.79 Å².